The molecule has 1 atom stereocenters. The van der Waals surface area contributed by atoms with Gasteiger partial charge in [-0.15, -0.1) is 0 Å². The minimum Gasteiger partial charge on any atom is -0.377 e. The van der Waals surface area contributed by atoms with Crippen molar-refractivity contribution in [3.8, 4) is 0 Å². The second-order valence-corrected chi connectivity index (χ2v) is 6.67. The van der Waals surface area contributed by atoms with Crippen LogP contribution in [0.15, 0.2) is 11.6 Å². The summed E-state index contributed by atoms with van der Waals surface area (Å²) in [5.41, 5.74) is 4.58. The first-order chi connectivity index (χ1) is 11.1. The molecular weight excluding hydrogens is 290 g/mol. The third kappa shape index (κ3) is 3.34. The SMILES string of the molecule is Cc1nn(C)c(C)c1C1COCCN1C(=O)CC1=CCCCC1. The van der Waals surface area contributed by atoms with Crippen LogP contribution in [-0.2, 0) is 16.6 Å². The molecule has 126 valence electrons. The number of morpholine rings is 1. The Labute approximate surface area is 138 Å². The predicted octanol–water partition coefficient (Wildman–Crippen LogP) is 2.83. The van der Waals surface area contributed by atoms with Crippen molar-refractivity contribution in [3.05, 3.63) is 28.6 Å². The maximum atomic E-state index is 12.9. The minimum absolute atomic E-state index is 0.00543. The number of amides is 1. The third-order valence-corrected chi connectivity index (χ3v) is 5.11. The largest absolute Gasteiger partial charge is 0.377 e. The Morgan fingerprint density at radius 2 is 2.22 bits per heavy atom. The van der Waals surface area contributed by atoms with Crippen molar-refractivity contribution in [2.24, 2.45) is 7.05 Å². The van der Waals surface area contributed by atoms with Gasteiger partial charge in [-0.05, 0) is 39.5 Å². The van der Waals surface area contributed by atoms with Crippen LogP contribution in [0.25, 0.3) is 0 Å². The molecular formula is C18H27N3O2. The van der Waals surface area contributed by atoms with Crippen molar-refractivity contribution in [3.63, 3.8) is 0 Å². The molecule has 2 aliphatic rings. The summed E-state index contributed by atoms with van der Waals surface area (Å²) in [5, 5.41) is 4.51. The molecule has 23 heavy (non-hydrogen) atoms. The van der Waals surface area contributed by atoms with Crippen LogP contribution < -0.4 is 0 Å². The molecule has 1 aromatic rings. The smallest absolute Gasteiger partial charge is 0.227 e. The Bertz CT molecular complexity index is 618. The first-order valence-corrected chi connectivity index (χ1v) is 8.63. The van der Waals surface area contributed by atoms with Gasteiger partial charge in [-0.2, -0.15) is 5.10 Å². The van der Waals surface area contributed by atoms with E-state index in [0.29, 0.717) is 26.2 Å². The van der Waals surface area contributed by atoms with E-state index in [0.717, 1.165) is 29.8 Å². The van der Waals surface area contributed by atoms with Gasteiger partial charge in [0.2, 0.25) is 5.91 Å². The second kappa shape index (κ2) is 6.87. The van der Waals surface area contributed by atoms with E-state index in [4.69, 9.17) is 4.74 Å². The first kappa shape index (κ1) is 16.2. The van der Waals surface area contributed by atoms with Gasteiger partial charge in [-0.25, -0.2) is 0 Å². The standard InChI is InChI=1S/C18H27N3O2/c1-13-18(14(2)20(3)19-13)16-12-23-10-9-21(16)17(22)11-15-7-5-4-6-8-15/h7,16H,4-6,8-12H2,1-3H3. The van der Waals surface area contributed by atoms with Crippen molar-refractivity contribution in [2.75, 3.05) is 19.8 Å². The zero-order valence-corrected chi connectivity index (χ0v) is 14.5. The number of allylic oxidation sites excluding steroid dienone is 1. The summed E-state index contributed by atoms with van der Waals surface area (Å²) in [5.74, 6) is 0.231. The van der Waals surface area contributed by atoms with E-state index in [-0.39, 0.29) is 11.9 Å². The van der Waals surface area contributed by atoms with Crippen LogP contribution in [0.5, 0.6) is 0 Å². The monoisotopic (exact) mass is 317 g/mol. The van der Waals surface area contributed by atoms with Crippen LogP contribution in [0.4, 0.5) is 0 Å². The number of carbonyl (C=O) groups is 1. The fourth-order valence-corrected chi connectivity index (χ4v) is 3.77. The Balaban J connectivity index is 1.81. The number of rotatable bonds is 3. The van der Waals surface area contributed by atoms with Gasteiger partial charge in [0.1, 0.15) is 0 Å². The van der Waals surface area contributed by atoms with Crippen molar-refractivity contribution < 1.29 is 9.53 Å². The van der Waals surface area contributed by atoms with Crippen molar-refractivity contribution >= 4 is 5.91 Å². The van der Waals surface area contributed by atoms with Gasteiger partial charge < -0.3 is 9.64 Å². The highest BCUT2D eigenvalue weighted by Gasteiger charge is 2.32. The summed E-state index contributed by atoms with van der Waals surface area (Å²) in [4.78, 5) is 14.9. The van der Waals surface area contributed by atoms with Crippen LogP contribution in [0.2, 0.25) is 0 Å². The lowest BCUT2D eigenvalue weighted by atomic mass is 9.95. The molecule has 1 aromatic heterocycles. The van der Waals surface area contributed by atoms with Gasteiger partial charge in [0.05, 0.1) is 24.9 Å². The molecule has 2 heterocycles. The third-order valence-electron chi connectivity index (χ3n) is 5.11. The van der Waals surface area contributed by atoms with Crippen molar-refractivity contribution in [1.82, 2.24) is 14.7 Å². The maximum absolute atomic E-state index is 12.9. The molecule has 5 nitrogen and oxygen atoms in total. The van der Waals surface area contributed by atoms with Crippen LogP contribution in [0.1, 0.15) is 55.1 Å². The van der Waals surface area contributed by atoms with Gasteiger partial charge in [0, 0.05) is 31.3 Å². The molecule has 1 aliphatic heterocycles. The summed E-state index contributed by atoms with van der Waals surface area (Å²) in [6.07, 6.45) is 7.49. The highest BCUT2D eigenvalue weighted by molar-refractivity contribution is 5.79. The highest BCUT2D eigenvalue weighted by Crippen LogP contribution is 2.31. The molecule has 0 N–H and O–H groups in total. The van der Waals surface area contributed by atoms with Crippen LogP contribution >= 0.6 is 0 Å². The lowest BCUT2D eigenvalue weighted by Gasteiger charge is -2.36. The number of hydrogen-bond donors (Lipinski definition) is 0. The molecule has 0 aromatic carbocycles. The van der Waals surface area contributed by atoms with Gasteiger partial charge in [0.15, 0.2) is 0 Å². The molecule has 0 spiro atoms. The quantitative estimate of drug-likeness (QED) is 0.805. The maximum Gasteiger partial charge on any atom is 0.227 e. The number of nitrogens with zero attached hydrogens (tertiary/aromatic N) is 3. The lowest BCUT2D eigenvalue weighted by molar-refractivity contribution is -0.139. The molecule has 1 saturated heterocycles. The minimum atomic E-state index is -0.00543. The normalized spacial score (nSPS) is 22.1. The second-order valence-electron chi connectivity index (χ2n) is 6.67. The highest BCUT2D eigenvalue weighted by atomic mass is 16.5. The number of hydrogen-bond acceptors (Lipinski definition) is 3. The molecule has 3 rings (SSSR count). The molecule has 5 heteroatoms. The van der Waals surface area contributed by atoms with E-state index in [1.807, 2.05) is 23.6 Å². The average Bonchev–Trinajstić information content (AvgIpc) is 2.81. The molecule has 0 bridgehead atoms. The Kier molecular flexibility index (Phi) is 4.85. The van der Waals surface area contributed by atoms with E-state index in [2.05, 4.69) is 18.1 Å². The van der Waals surface area contributed by atoms with Crippen LogP contribution in [0, 0.1) is 13.8 Å². The van der Waals surface area contributed by atoms with E-state index in [9.17, 15) is 4.79 Å². The summed E-state index contributed by atoms with van der Waals surface area (Å²) in [6, 6.07) is -0.00543. The summed E-state index contributed by atoms with van der Waals surface area (Å²) in [7, 11) is 1.95. The number of aromatic nitrogens is 2. The van der Waals surface area contributed by atoms with Crippen molar-refractivity contribution in [1.29, 1.82) is 0 Å². The zero-order chi connectivity index (χ0) is 16.4. The fraction of sp³-hybridized carbons (Fsp3) is 0.667. The van der Waals surface area contributed by atoms with E-state index in [1.54, 1.807) is 0 Å². The van der Waals surface area contributed by atoms with Gasteiger partial charge in [-0.1, -0.05) is 11.6 Å². The Morgan fingerprint density at radius 1 is 1.39 bits per heavy atom. The van der Waals surface area contributed by atoms with Gasteiger partial charge >= 0.3 is 0 Å². The molecule has 1 amide bonds. The van der Waals surface area contributed by atoms with Crippen LogP contribution in [0.3, 0.4) is 0 Å². The number of ether oxygens (including phenoxy) is 1. The van der Waals surface area contributed by atoms with E-state index >= 15 is 0 Å². The van der Waals surface area contributed by atoms with Gasteiger partial charge in [0.25, 0.3) is 0 Å². The average molecular weight is 317 g/mol. The lowest BCUT2D eigenvalue weighted by Crippen LogP contribution is -2.43. The molecule has 1 fully saturated rings. The molecule has 1 unspecified atom stereocenters. The first-order valence-electron chi connectivity index (χ1n) is 8.63. The van der Waals surface area contributed by atoms with Gasteiger partial charge in [-0.3, -0.25) is 9.48 Å². The molecule has 1 aliphatic carbocycles. The molecule has 0 radical (unpaired) electrons. The zero-order valence-electron chi connectivity index (χ0n) is 14.5. The summed E-state index contributed by atoms with van der Waals surface area (Å²) in [6.45, 7) is 5.95. The number of carbonyl (C=O) groups excluding carboxylic acids is 1. The van der Waals surface area contributed by atoms with E-state index < -0.39 is 0 Å². The van der Waals surface area contributed by atoms with E-state index in [1.165, 1.54) is 18.4 Å². The Hall–Kier alpha value is -1.62. The topological polar surface area (TPSA) is 47.4 Å². The molecule has 0 saturated carbocycles. The predicted molar refractivity (Wildman–Crippen MR) is 89.1 cm³/mol. The Morgan fingerprint density at radius 3 is 2.87 bits per heavy atom. The summed E-state index contributed by atoms with van der Waals surface area (Å²) >= 11 is 0. The fourth-order valence-electron chi connectivity index (χ4n) is 3.77. The summed E-state index contributed by atoms with van der Waals surface area (Å²) < 4.78 is 7.58. The number of aryl methyl sites for hydroxylation is 2. The van der Waals surface area contributed by atoms with Crippen LogP contribution in [-0.4, -0.2) is 40.3 Å². The van der Waals surface area contributed by atoms with Crippen molar-refractivity contribution in [2.45, 2.75) is 52.0 Å².